The monoisotopic (exact) mass is 310 g/mol. The van der Waals surface area contributed by atoms with E-state index in [0.29, 0.717) is 11.6 Å². The van der Waals surface area contributed by atoms with Crippen molar-refractivity contribution in [3.63, 3.8) is 0 Å². The van der Waals surface area contributed by atoms with Crippen LogP contribution in [0.3, 0.4) is 0 Å². The first-order chi connectivity index (χ1) is 9.44. The molecule has 1 unspecified atom stereocenters. The number of carbonyl (C=O) groups is 1. The Bertz CT molecular complexity index is 780. The molecule has 3 rings (SSSR count). The number of nitrogens with one attached hydrogen (secondary N) is 1. The van der Waals surface area contributed by atoms with Gasteiger partial charge < -0.3 is 5.32 Å². The van der Waals surface area contributed by atoms with E-state index in [2.05, 4.69) is 10.3 Å². The summed E-state index contributed by atoms with van der Waals surface area (Å²) in [6.07, 6.45) is 0.401. The number of rotatable bonds is 2. The van der Waals surface area contributed by atoms with E-state index in [4.69, 9.17) is 0 Å². The van der Waals surface area contributed by atoms with Crippen molar-refractivity contribution < 1.29 is 13.2 Å². The molecule has 0 spiro atoms. The highest BCUT2D eigenvalue weighted by Crippen LogP contribution is 2.29. The van der Waals surface area contributed by atoms with Crippen LogP contribution in [0.4, 0.5) is 5.13 Å². The Kier molecular flexibility index (Phi) is 3.25. The fraction of sp³-hybridized carbons (Fsp3) is 0.385. The van der Waals surface area contributed by atoms with Crippen molar-refractivity contribution in [1.29, 1.82) is 0 Å². The van der Waals surface area contributed by atoms with Crippen LogP contribution < -0.4 is 5.32 Å². The minimum atomic E-state index is -3.04. The third-order valence-corrected chi connectivity index (χ3v) is 6.16. The fourth-order valence-corrected chi connectivity index (χ4v) is 5.04. The molecule has 0 radical (unpaired) electrons. The van der Waals surface area contributed by atoms with E-state index in [9.17, 15) is 13.2 Å². The lowest BCUT2D eigenvalue weighted by Gasteiger charge is -2.06. The number of para-hydroxylation sites is 1. The van der Waals surface area contributed by atoms with Crippen molar-refractivity contribution in [2.45, 2.75) is 13.3 Å². The molecular formula is C13H14N2O3S2. The first-order valence-electron chi connectivity index (χ1n) is 6.32. The van der Waals surface area contributed by atoms with Gasteiger partial charge in [-0.05, 0) is 25.0 Å². The van der Waals surface area contributed by atoms with Gasteiger partial charge in [-0.15, -0.1) is 0 Å². The second-order valence-electron chi connectivity index (χ2n) is 5.03. The van der Waals surface area contributed by atoms with Gasteiger partial charge in [0.25, 0.3) is 0 Å². The molecule has 7 heteroatoms. The maximum atomic E-state index is 12.1. The van der Waals surface area contributed by atoms with Crippen LogP contribution in [0.25, 0.3) is 10.2 Å². The van der Waals surface area contributed by atoms with Crippen LogP contribution in [0, 0.1) is 12.8 Å². The summed E-state index contributed by atoms with van der Waals surface area (Å²) in [7, 11) is -3.04. The van der Waals surface area contributed by atoms with Crippen molar-refractivity contribution in [2.75, 3.05) is 16.8 Å². The number of aryl methyl sites for hydroxylation is 1. The molecule has 0 saturated carbocycles. The number of carbonyl (C=O) groups excluding carboxylic acids is 1. The number of benzene rings is 1. The average molecular weight is 310 g/mol. The molecule has 1 aliphatic heterocycles. The van der Waals surface area contributed by atoms with E-state index in [1.807, 2.05) is 25.1 Å². The van der Waals surface area contributed by atoms with Gasteiger partial charge in [0.2, 0.25) is 5.91 Å². The minimum absolute atomic E-state index is 0.0528. The Morgan fingerprint density at radius 2 is 2.25 bits per heavy atom. The van der Waals surface area contributed by atoms with Crippen LogP contribution in [-0.2, 0) is 14.6 Å². The molecule has 0 aliphatic carbocycles. The van der Waals surface area contributed by atoms with Gasteiger partial charge in [-0.1, -0.05) is 23.5 Å². The summed E-state index contributed by atoms with van der Waals surface area (Å²) in [5, 5.41) is 3.27. The van der Waals surface area contributed by atoms with Gasteiger partial charge in [-0.2, -0.15) is 0 Å². The molecule has 1 N–H and O–H groups in total. The predicted molar refractivity (Wildman–Crippen MR) is 79.7 cm³/mol. The smallest absolute Gasteiger partial charge is 0.230 e. The lowest BCUT2D eigenvalue weighted by molar-refractivity contribution is -0.119. The molecule has 1 aliphatic rings. The van der Waals surface area contributed by atoms with Gasteiger partial charge in [-0.25, -0.2) is 13.4 Å². The van der Waals surface area contributed by atoms with Crippen LogP contribution in [0.5, 0.6) is 0 Å². The maximum absolute atomic E-state index is 12.1. The molecule has 1 amide bonds. The van der Waals surface area contributed by atoms with Gasteiger partial charge in [-0.3, -0.25) is 4.79 Å². The van der Waals surface area contributed by atoms with Gasteiger partial charge in [0.1, 0.15) is 0 Å². The van der Waals surface area contributed by atoms with Crippen LogP contribution in [0.1, 0.15) is 12.0 Å². The summed E-state index contributed by atoms with van der Waals surface area (Å²) >= 11 is 1.41. The van der Waals surface area contributed by atoms with Crippen molar-refractivity contribution in [2.24, 2.45) is 5.92 Å². The minimum Gasteiger partial charge on any atom is -0.302 e. The highest BCUT2D eigenvalue weighted by atomic mass is 32.2. The fourth-order valence-electron chi connectivity index (χ4n) is 2.35. The topological polar surface area (TPSA) is 76.1 Å². The molecule has 1 aromatic carbocycles. The summed E-state index contributed by atoms with van der Waals surface area (Å²) in [5.41, 5.74) is 1.94. The van der Waals surface area contributed by atoms with Crippen LogP contribution in [0.15, 0.2) is 18.2 Å². The zero-order valence-corrected chi connectivity index (χ0v) is 12.6. The standard InChI is InChI=1S/C13H14N2O3S2/c1-8-3-2-4-10-11(8)14-13(19-10)15-12(16)9-5-6-20(17,18)7-9/h2-4,9H,5-7H2,1H3,(H,14,15,16). The second-order valence-corrected chi connectivity index (χ2v) is 8.29. The van der Waals surface area contributed by atoms with Gasteiger partial charge in [0, 0.05) is 0 Å². The van der Waals surface area contributed by atoms with E-state index in [1.54, 1.807) is 0 Å². The Hall–Kier alpha value is -1.47. The van der Waals surface area contributed by atoms with Crippen LogP contribution >= 0.6 is 11.3 Å². The molecule has 5 nitrogen and oxygen atoms in total. The lowest BCUT2D eigenvalue weighted by Crippen LogP contribution is -2.23. The summed E-state index contributed by atoms with van der Waals surface area (Å²) in [4.78, 5) is 16.5. The van der Waals surface area contributed by atoms with E-state index in [0.717, 1.165) is 15.8 Å². The molecule has 1 fully saturated rings. The summed E-state index contributed by atoms with van der Waals surface area (Å²) in [5.74, 6) is -0.650. The third kappa shape index (κ3) is 2.55. The first kappa shape index (κ1) is 13.5. The SMILES string of the molecule is Cc1cccc2sc(NC(=O)C3CCS(=O)(=O)C3)nc12. The molecule has 106 valence electrons. The zero-order chi connectivity index (χ0) is 14.3. The quantitative estimate of drug-likeness (QED) is 0.920. The summed E-state index contributed by atoms with van der Waals surface area (Å²) in [6.45, 7) is 1.97. The first-order valence-corrected chi connectivity index (χ1v) is 8.96. The van der Waals surface area contributed by atoms with Crippen LogP contribution in [-0.4, -0.2) is 30.8 Å². The number of anilines is 1. The van der Waals surface area contributed by atoms with Crippen molar-refractivity contribution >= 4 is 42.4 Å². The van der Waals surface area contributed by atoms with Crippen LogP contribution in [0.2, 0.25) is 0 Å². The molecule has 1 atom stereocenters. The second kappa shape index (κ2) is 4.82. The largest absolute Gasteiger partial charge is 0.302 e. The third-order valence-electron chi connectivity index (χ3n) is 3.45. The number of hydrogen-bond acceptors (Lipinski definition) is 5. The van der Waals surface area contributed by atoms with Crippen molar-refractivity contribution in [1.82, 2.24) is 4.98 Å². The number of fused-ring (bicyclic) bond motifs is 1. The summed E-state index contributed by atoms with van der Waals surface area (Å²) in [6, 6.07) is 5.87. The number of nitrogens with zero attached hydrogens (tertiary/aromatic N) is 1. The van der Waals surface area contributed by atoms with E-state index in [1.165, 1.54) is 11.3 Å². The molecule has 1 aromatic heterocycles. The molecule has 20 heavy (non-hydrogen) atoms. The summed E-state index contributed by atoms with van der Waals surface area (Å²) < 4.78 is 23.8. The molecule has 1 saturated heterocycles. The van der Waals surface area contributed by atoms with Crippen molar-refractivity contribution in [3.8, 4) is 0 Å². The van der Waals surface area contributed by atoms with Gasteiger partial charge >= 0.3 is 0 Å². The van der Waals surface area contributed by atoms with E-state index >= 15 is 0 Å². The Labute approximate surface area is 120 Å². The number of hydrogen-bond donors (Lipinski definition) is 1. The Morgan fingerprint density at radius 1 is 1.45 bits per heavy atom. The van der Waals surface area contributed by atoms with Crippen molar-refractivity contribution in [3.05, 3.63) is 23.8 Å². The molecule has 2 heterocycles. The normalized spacial score (nSPS) is 21.1. The van der Waals surface area contributed by atoms with Gasteiger partial charge in [0.15, 0.2) is 15.0 Å². The molecular weight excluding hydrogens is 296 g/mol. The molecule has 0 bridgehead atoms. The maximum Gasteiger partial charge on any atom is 0.230 e. The van der Waals surface area contributed by atoms with E-state index < -0.39 is 15.8 Å². The molecule has 2 aromatic rings. The zero-order valence-electron chi connectivity index (χ0n) is 10.9. The Balaban J connectivity index is 1.80. The highest BCUT2D eigenvalue weighted by Gasteiger charge is 2.33. The van der Waals surface area contributed by atoms with E-state index in [-0.39, 0.29) is 17.4 Å². The average Bonchev–Trinajstić information content (AvgIpc) is 2.93. The number of aromatic nitrogens is 1. The predicted octanol–water partition coefficient (Wildman–Crippen LogP) is 1.98. The number of thiazole rings is 1. The van der Waals surface area contributed by atoms with Gasteiger partial charge in [0.05, 0.1) is 27.6 Å². The Morgan fingerprint density at radius 3 is 2.90 bits per heavy atom. The highest BCUT2D eigenvalue weighted by molar-refractivity contribution is 7.91. The lowest BCUT2D eigenvalue weighted by atomic mass is 10.1. The number of amides is 1. The number of sulfone groups is 1.